The Balaban J connectivity index is 2.06. The van der Waals surface area contributed by atoms with Crippen LogP contribution in [0, 0.1) is 13.8 Å². The summed E-state index contributed by atoms with van der Waals surface area (Å²) in [5, 5.41) is 0.577. The van der Waals surface area contributed by atoms with Gasteiger partial charge in [-0.15, -0.1) is 11.3 Å². The number of rotatable bonds is 4. The van der Waals surface area contributed by atoms with Crippen molar-refractivity contribution in [3.05, 3.63) is 75.4 Å². The van der Waals surface area contributed by atoms with Gasteiger partial charge in [0.25, 0.3) is 5.56 Å². The molecule has 0 aliphatic rings. The highest BCUT2D eigenvalue weighted by Crippen LogP contribution is 2.36. The summed E-state index contributed by atoms with van der Waals surface area (Å²) in [6, 6.07) is 17.6. The maximum Gasteiger partial charge on any atom is 0.263 e. The smallest absolute Gasteiger partial charge is 0.263 e. The highest BCUT2D eigenvalue weighted by Gasteiger charge is 2.20. The summed E-state index contributed by atoms with van der Waals surface area (Å²) >= 11 is 1.51. The molecule has 4 rings (SSSR count). The summed E-state index contributed by atoms with van der Waals surface area (Å²) in [7, 11) is 0. The third kappa shape index (κ3) is 3.08. The monoisotopic (exact) mass is 378 g/mol. The predicted molar refractivity (Wildman–Crippen MR) is 110 cm³/mol. The molecule has 136 valence electrons. The van der Waals surface area contributed by atoms with Gasteiger partial charge in [-0.2, -0.15) is 0 Å². The van der Waals surface area contributed by atoms with Crippen molar-refractivity contribution in [1.82, 2.24) is 9.55 Å². The van der Waals surface area contributed by atoms with Gasteiger partial charge >= 0.3 is 0 Å². The van der Waals surface area contributed by atoms with Gasteiger partial charge in [-0.1, -0.05) is 54.1 Å². The van der Waals surface area contributed by atoms with Crippen LogP contribution in [0.2, 0.25) is 0 Å². The first-order chi connectivity index (χ1) is 13.1. The van der Waals surface area contributed by atoms with Crippen molar-refractivity contribution >= 4 is 21.6 Å². The van der Waals surface area contributed by atoms with E-state index in [9.17, 15) is 9.18 Å². The van der Waals surface area contributed by atoms with E-state index in [1.807, 2.05) is 68.4 Å². The van der Waals surface area contributed by atoms with Crippen molar-refractivity contribution in [1.29, 1.82) is 0 Å². The number of aryl methyl sites for hydroxylation is 2. The molecule has 2 heterocycles. The second-order valence-electron chi connectivity index (χ2n) is 6.53. The molecule has 5 heteroatoms. The fraction of sp³-hybridized carbons (Fsp3) is 0.182. The van der Waals surface area contributed by atoms with Crippen LogP contribution in [-0.2, 0) is 6.54 Å². The summed E-state index contributed by atoms with van der Waals surface area (Å²) in [6.07, 6.45) is 0. The molecule has 0 saturated carbocycles. The summed E-state index contributed by atoms with van der Waals surface area (Å²) in [6.45, 7) is 3.37. The highest BCUT2D eigenvalue weighted by atomic mass is 32.1. The lowest BCUT2D eigenvalue weighted by Crippen LogP contribution is -2.24. The van der Waals surface area contributed by atoms with E-state index in [1.165, 1.54) is 15.9 Å². The Morgan fingerprint density at radius 3 is 2.48 bits per heavy atom. The Morgan fingerprint density at radius 1 is 1.04 bits per heavy atom. The lowest BCUT2D eigenvalue weighted by Gasteiger charge is -2.12. The van der Waals surface area contributed by atoms with Gasteiger partial charge in [0.2, 0.25) is 0 Å². The van der Waals surface area contributed by atoms with Crippen molar-refractivity contribution in [2.24, 2.45) is 0 Å². The summed E-state index contributed by atoms with van der Waals surface area (Å²) in [5.41, 5.74) is 3.60. The number of benzene rings is 2. The molecule has 0 saturated heterocycles. The minimum absolute atomic E-state index is 0.00578. The minimum atomic E-state index is -0.615. The molecule has 0 N–H and O–H groups in total. The molecule has 0 aliphatic heterocycles. The van der Waals surface area contributed by atoms with Gasteiger partial charge in [0.05, 0.1) is 11.9 Å². The Kier molecular flexibility index (Phi) is 4.62. The number of aromatic nitrogens is 2. The Morgan fingerprint density at radius 2 is 1.78 bits per heavy atom. The number of thiophene rings is 1. The van der Waals surface area contributed by atoms with Gasteiger partial charge in [-0.05, 0) is 25.5 Å². The molecule has 0 amide bonds. The van der Waals surface area contributed by atoms with E-state index in [0.717, 1.165) is 27.1 Å². The SMILES string of the molecule is Cc1cccc(-c2nc3sc(C)c(-c4ccccc4)c3c(=O)n2CCF)c1. The molecule has 0 aliphatic carbocycles. The van der Waals surface area contributed by atoms with Crippen LogP contribution >= 0.6 is 11.3 Å². The van der Waals surface area contributed by atoms with E-state index in [4.69, 9.17) is 4.98 Å². The second-order valence-corrected chi connectivity index (χ2v) is 7.73. The maximum absolute atomic E-state index is 13.4. The molecule has 2 aromatic carbocycles. The number of halogens is 1. The lowest BCUT2D eigenvalue weighted by molar-refractivity contribution is 0.441. The molecule has 27 heavy (non-hydrogen) atoms. The van der Waals surface area contributed by atoms with E-state index < -0.39 is 6.67 Å². The van der Waals surface area contributed by atoms with Crippen molar-refractivity contribution < 1.29 is 4.39 Å². The minimum Gasteiger partial charge on any atom is -0.289 e. The van der Waals surface area contributed by atoms with E-state index in [1.54, 1.807) is 0 Å². The van der Waals surface area contributed by atoms with Crippen LogP contribution in [0.15, 0.2) is 59.4 Å². The molecule has 0 bridgehead atoms. The van der Waals surface area contributed by atoms with Gasteiger partial charge < -0.3 is 0 Å². The Bertz CT molecular complexity index is 1180. The average Bonchev–Trinajstić information content (AvgIpc) is 3.01. The molecule has 0 fully saturated rings. The molecule has 4 aromatic rings. The fourth-order valence-electron chi connectivity index (χ4n) is 3.44. The molecule has 0 radical (unpaired) electrons. The van der Waals surface area contributed by atoms with Gasteiger partial charge in [0.15, 0.2) is 0 Å². The van der Waals surface area contributed by atoms with Crippen LogP contribution < -0.4 is 5.56 Å². The van der Waals surface area contributed by atoms with E-state index in [-0.39, 0.29) is 12.1 Å². The van der Waals surface area contributed by atoms with E-state index in [0.29, 0.717) is 16.0 Å². The van der Waals surface area contributed by atoms with Gasteiger partial charge in [0, 0.05) is 16.0 Å². The molecule has 0 spiro atoms. The Labute approximate surface area is 160 Å². The second kappa shape index (κ2) is 7.08. The Hall–Kier alpha value is -2.79. The van der Waals surface area contributed by atoms with Crippen molar-refractivity contribution in [2.75, 3.05) is 6.67 Å². The number of nitrogens with zero attached hydrogens (tertiary/aromatic N) is 2. The van der Waals surface area contributed by atoms with Crippen molar-refractivity contribution in [2.45, 2.75) is 20.4 Å². The van der Waals surface area contributed by atoms with Crippen LogP contribution in [0.25, 0.3) is 32.7 Å². The molecule has 2 aromatic heterocycles. The molecule has 0 unspecified atom stereocenters. The number of hydrogen-bond acceptors (Lipinski definition) is 3. The summed E-state index contributed by atoms with van der Waals surface area (Å²) < 4.78 is 14.7. The molecule has 3 nitrogen and oxygen atoms in total. The first kappa shape index (κ1) is 17.6. The van der Waals surface area contributed by atoms with Crippen molar-refractivity contribution in [3.8, 4) is 22.5 Å². The quantitative estimate of drug-likeness (QED) is 0.478. The van der Waals surface area contributed by atoms with Crippen molar-refractivity contribution in [3.63, 3.8) is 0 Å². The van der Waals surface area contributed by atoms with Crippen LogP contribution in [0.5, 0.6) is 0 Å². The summed E-state index contributed by atoms with van der Waals surface area (Å²) in [5.74, 6) is 0.523. The third-order valence-corrected chi connectivity index (χ3v) is 5.63. The van der Waals surface area contributed by atoms with Gasteiger partial charge in [-0.25, -0.2) is 9.37 Å². The zero-order valence-electron chi connectivity index (χ0n) is 15.2. The van der Waals surface area contributed by atoms with E-state index >= 15 is 0 Å². The zero-order valence-corrected chi connectivity index (χ0v) is 16.0. The predicted octanol–water partition coefficient (Wildman–Crippen LogP) is 5.38. The number of fused-ring (bicyclic) bond motifs is 1. The molecular weight excluding hydrogens is 359 g/mol. The van der Waals surface area contributed by atoms with Crippen LogP contribution in [0.4, 0.5) is 4.39 Å². The first-order valence-corrected chi connectivity index (χ1v) is 9.64. The molecular formula is C22H19FN2OS. The average molecular weight is 378 g/mol. The standard InChI is InChI=1S/C22H19FN2OS/c1-14-7-6-10-17(13-14)20-24-21-19(22(26)25(20)12-11-23)18(15(2)27-21)16-8-4-3-5-9-16/h3-10,13H,11-12H2,1-2H3. The summed E-state index contributed by atoms with van der Waals surface area (Å²) in [4.78, 5) is 19.9. The normalized spacial score (nSPS) is 11.2. The van der Waals surface area contributed by atoms with E-state index in [2.05, 4.69) is 0 Å². The number of hydrogen-bond donors (Lipinski definition) is 0. The third-order valence-electron chi connectivity index (χ3n) is 4.63. The first-order valence-electron chi connectivity index (χ1n) is 8.82. The molecule has 0 atom stereocenters. The number of alkyl halides is 1. The zero-order chi connectivity index (χ0) is 19.0. The van der Waals surface area contributed by atoms with Gasteiger partial charge in [-0.3, -0.25) is 9.36 Å². The van der Waals surface area contributed by atoms with Crippen LogP contribution in [0.3, 0.4) is 0 Å². The maximum atomic E-state index is 13.4. The highest BCUT2D eigenvalue weighted by molar-refractivity contribution is 7.19. The van der Waals surface area contributed by atoms with Gasteiger partial charge in [0.1, 0.15) is 17.3 Å². The largest absolute Gasteiger partial charge is 0.289 e. The van der Waals surface area contributed by atoms with Crippen LogP contribution in [0.1, 0.15) is 10.4 Å². The van der Waals surface area contributed by atoms with Crippen LogP contribution in [-0.4, -0.2) is 16.2 Å². The topological polar surface area (TPSA) is 34.9 Å². The lowest BCUT2D eigenvalue weighted by atomic mass is 10.0. The fourth-order valence-corrected chi connectivity index (χ4v) is 4.48.